The predicted molar refractivity (Wildman–Crippen MR) is 221 cm³/mol. The van der Waals surface area contributed by atoms with Crippen molar-refractivity contribution in [1.29, 1.82) is 0 Å². The second-order valence-corrected chi connectivity index (χ2v) is 21.5. The molecule has 0 bridgehead atoms. The zero-order chi connectivity index (χ0) is 38.1. The summed E-state index contributed by atoms with van der Waals surface area (Å²) in [5.74, 6) is 0. The van der Waals surface area contributed by atoms with Crippen LogP contribution in [0.3, 0.4) is 0 Å². The molecular weight excluding hydrogens is 763 g/mol. The first-order valence-corrected chi connectivity index (χ1v) is 20.1. The summed E-state index contributed by atoms with van der Waals surface area (Å²) in [5.41, 5.74) is 20.7. The third-order valence-electron chi connectivity index (χ3n) is 10.8. The number of rotatable bonds is 1. The fourth-order valence-electron chi connectivity index (χ4n) is 7.78. The molecule has 4 aromatic carbocycles. The molecule has 3 heteroatoms. The second kappa shape index (κ2) is 15.8. The molecule has 7 rings (SSSR count). The van der Waals surface area contributed by atoms with E-state index < -0.39 is 0 Å². The third kappa shape index (κ3) is 9.62. The molecule has 0 saturated carbocycles. The Morgan fingerprint density at radius 1 is 0.679 bits per heavy atom. The van der Waals surface area contributed by atoms with Crippen LogP contribution >= 0.6 is 0 Å². The molecule has 0 N–H and O–H groups in total. The van der Waals surface area contributed by atoms with E-state index in [2.05, 4.69) is 190 Å². The van der Waals surface area contributed by atoms with Crippen molar-refractivity contribution in [2.75, 3.05) is 0 Å². The Kier molecular flexibility index (Phi) is 13.4. The summed E-state index contributed by atoms with van der Waals surface area (Å²) in [6.45, 7) is 36.5. The van der Waals surface area contributed by atoms with Crippen LogP contribution in [0, 0.1) is 30.8 Å². The minimum atomic E-state index is -0.0202. The standard InChI is InChI=1S/C31H37.C10H15.C9H10.2ClH.Zr/c1-28(2,3)26-16-30(7,8)24-12-18-11-19-13-25-23(15-21(19)20(18)14-22(24)26)27(29(4,5)6)17-31(25,9)10;1-8-5-6-9(7-8)10(2,3)4;1-3-9-6-4-8(2)5-7-9;;;/h12-16H,11H2,1-10H3;5-7H,1-4H3;4-7H,1-2H3;2*1H;/q2*-1;;;;+2/p-2. The van der Waals surface area contributed by atoms with E-state index in [0.29, 0.717) is 5.41 Å². The Labute approximate surface area is 350 Å². The van der Waals surface area contributed by atoms with Gasteiger partial charge < -0.3 is 24.8 Å². The topological polar surface area (TPSA) is 0 Å². The van der Waals surface area contributed by atoms with Crippen molar-refractivity contribution in [2.24, 2.45) is 10.8 Å². The van der Waals surface area contributed by atoms with Crippen molar-refractivity contribution in [2.45, 2.75) is 133 Å². The Morgan fingerprint density at radius 2 is 1.21 bits per heavy atom. The molecule has 0 aliphatic heterocycles. The van der Waals surface area contributed by atoms with E-state index in [1.54, 1.807) is 0 Å². The van der Waals surface area contributed by atoms with Crippen LogP contribution in [0.5, 0.6) is 0 Å². The largest absolute Gasteiger partial charge is 1.00 e. The van der Waals surface area contributed by atoms with Gasteiger partial charge in [0.15, 0.2) is 0 Å². The molecule has 53 heavy (non-hydrogen) atoms. The fourth-order valence-corrected chi connectivity index (χ4v) is 8.19. The Morgan fingerprint density at radius 3 is 1.64 bits per heavy atom. The van der Waals surface area contributed by atoms with Gasteiger partial charge in [-0.3, -0.25) is 6.08 Å². The zero-order valence-corrected chi connectivity index (χ0v) is 39.4. The van der Waals surface area contributed by atoms with Gasteiger partial charge in [-0.05, 0) is 62.3 Å². The van der Waals surface area contributed by atoms with Crippen molar-refractivity contribution < 1.29 is 49.0 Å². The van der Waals surface area contributed by atoms with Gasteiger partial charge in [-0.1, -0.05) is 126 Å². The monoisotopic (exact) mass is 822 g/mol. The molecule has 0 amide bonds. The van der Waals surface area contributed by atoms with Crippen molar-refractivity contribution in [3.63, 3.8) is 0 Å². The van der Waals surface area contributed by atoms with Crippen LogP contribution in [-0.2, 0) is 46.9 Å². The molecule has 3 aliphatic carbocycles. The number of allylic oxidation sites excluding steroid dienone is 4. The summed E-state index contributed by atoms with van der Waals surface area (Å²) in [5, 5.41) is 0. The molecular formula is C50H62Cl2Zr-2. The summed E-state index contributed by atoms with van der Waals surface area (Å²) in [6, 6.07) is 25.3. The molecule has 0 spiro atoms. The molecule has 0 atom stereocenters. The number of aryl methyl sites for hydroxylation is 2. The summed E-state index contributed by atoms with van der Waals surface area (Å²) in [6.07, 6.45) is 7.41. The maximum atomic E-state index is 3.85. The summed E-state index contributed by atoms with van der Waals surface area (Å²) >= 11 is 1.51. The van der Waals surface area contributed by atoms with E-state index in [-0.39, 0.29) is 46.5 Å². The molecule has 0 radical (unpaired) electrons. The number of halogens is 2. The molecule has 3 aliphatic rings. The SMILES string of the molecule is CC(C)(C)C1=[C-]C(C)(C)c2cc3c(cc21)-c1cc2c(cc1C3)C(C)(C)C=C2C(C)(C)C.C[C](=[Zr+2])c1ccc(C)cc1.Cc1cc(C(C)(C)C)c[cH-]1.[Cl-].[Cl-]. The van der Waals surface area contributed by atoms with E-state index >= 15 is 0 Å². The summed E-state index contributed by atoms with van der Waals surface area (Å²) < 4.78 is 1.46. The van der Waals surface area contributed by atoms with Gasteiger partial charge in [0, 0.05) is 5.41 Å². The van der Waals surface area contributed by atoms with E-state index in [1.807, 2.05) is 0 Å². The van der Waals surface area contributed by atoms with E-state index in [0.717, 1.165) is 6.42 Å². The minimum absolute atomic E-state index is 0. The van der Waals surface area contributed by atoms with Gasteiger partial charge in [0.2, 0.25) is 0 Å². The number of hydrogen-bond donors (Lipinski definition) is 0. The van der Waals surface area contributed by atoms with Crippen LogP contribution in [0.1, 0.15) is 153 Å². The van der Waals surface area contributed by atoms with E-state index in [1.165, 1.54) is 105 Å². The molecule has 0 fully saturated rings. The third-order valence-corrected chi connectivity index (χ3v) is 11.6. The van der Waals surface area contributed by atoms with Crippen LogP contribution in [-0.4, -0.2) is 3.21 Å². The quantitative estimate of drug-likeness (QED) is 0.153. The van der Waals surface area contributed by atoms with Gasteiger partial charge in [-0.15, -0.1) is 11.6 Å². The molecule has 0 nitrogen and oxygen atoms in total. The Balaban J connectivity index is 0.000000283. The van der Waals surface area contributed by atoms with E-state index in [9.17, 15) is 0 Å². The van der Waals surface area contributed by atoms with Crippen LogP contribution in [0.2, 0.25) is 0 Å². The maximum absolute atomic E-state index is 3.85. The molecule has 0 aromatic heterocycles. The average Bonchev–Trinajstić information content (AvgIpc) is 3.73. The van der Waals surface area contributed by atoms with Gasteiger partial charge in [-0.25, -0.2) is 11.6 Å². The predicted octanol–water partition coefficient (Wildman–Crippen LogP) is 7.60. The first-order valence-electron chi connectivity index (χ1n) is 18.9. The first kappa shape index (κ1) is 45.2. The van der Waals surface area contributed by atoms with Crippen molar-refractivity contribution >= 4 is 14.4 Å². The second-order valence-electron chi connectivity index (χ2n) is 19.6. The molecule has 282 valence electrons. The van der Waals surface area contributed by atoms with Crippen molar-refractivity contribution in [3.05, 3.63) is 135 Å². The Bertz CT molecular complexity index is 1940. The smallest absolute Gasteiger partial charge is 0.0635 e. The minimum Gasteiger partial charge on any atom is -1.00 e. The Hall–Kier alpha value is -2.18. The van der Waals surface area contributed by atoms with Crippen LogP contribution in [0.25, 0.3) is 22.3 Å². The number of benzene rings is 3. The average molecular weight is 825 g/mol. The summed E-state index contributed by atoms with van der Waals surface area (Å²) in [4.78, 5) is 0. The molecule has 0 unspecified atom stereocenters. The van der Waals surface area contributed by atoms with E-state index in [4.69, 9.17) is 0 Å². The number of fused-ring (bicyclic) bond motifs is 5. The maximum Gasteiger partial charge on any atom is -0.0635 e. The number of hydrogen-bond acceptors (Lipinski definition) is 0. The van der Waals surface area contributed by atoms with Crippen molar-refractivity contribution in [1.82, 2.24) is 0 Å². The van der Waals surface area contributed by atoms with Gasteiger partial charge in [0.1, 0.15) is 0 Å². The molecule has 4 aromatic rings. The van der Waals surface area contributed by atoms with Gasteiger partial charge in [0.25, 0.3) is 0 Å². The van der Waals surface area contributed by atoms with Crippen LogP contribution < -0.4 is 24.8 Å². The fraction of sp³-hybridized carbons (Fsp3) is 0.440. The summed E-state index contributed by atoms with van der Waals surface area (Å²) in [7, 11) is 0. The van der Waals surface area contributed by atoms with Crippen molar-refractivity contribution in [3.8, 4) is 11.1 Å². The molecule has 0 saturated heterocycles. The first-order chi connectivity index (χ1) is 23.3. The van der Waals surface area contributed by atoms with Gasteiger partial charge in [0.05, 0.1) is 0 Å². The normalized spacial score (nSPS) is 15.8. The molecule has 0 heterocycles. The van der Waals surface area contributed by atoms with Gasteiger partial charge >= 0.3 is 76.7 Å². The van der Waals surface area contributed by atoms with Gasteiger partial charge in [-0.2, -0.15) is 28.8 Å². The zero-order valence-electron chi connectivity index (χ0n) is 35.4. The van der Waals surface area contributed by atoms with Crippen LogP contribution in [0.15, 0.2) is 72.8 Å². The van der Waals surface area contributed by atoms with Crippen LogP contribution in [0.4, 0.5) is 0 Å².